The molecule has 0 aliphatic heterocycles. The lowest BCUT2D eigenvalue weighted by Crippen LogP contribution is -2.44. The van der Waals surface area contributed by atoms with E-state index >= 15 is 0 Å². The van der Waals surface area contributed by atoms with Gasteiger partial charge in [-0.05, 0) is 56.2 Å². The molecule has 1 aliphatic rings. The molecule has 0 heterocycles. The fourth-order valence-corrected chi connectivity index (χ4v) is 3.30. The topological polar surface area (TPSA) is 109 Å². The molecule has 0 saturated heterocycles. The van der Waals surface area contributed by atoms with Crippen molar-refractivity contribution in [1.29, 1.82) is 0 Å². The smallest absolute Gasteiger partial charge is 0.405 e. The highest BCUT2D eigenvalue weighted by Gasteiger charge is 2.36. The van der Waals surface area contributed by atoms with Gasteiger partial charge in [0.25, 0.3) is 5.91 Å². The number of nitrogens with two attached hydrogens (primary N) is 2. The van der Waals surface area contributed by atoms with E-state index in [2.05, 4.69) is 21.6 Å². The van der Waals surface area contributed by atoms with E-state index in [0.29, 0.717) is 24.4 Å². The molecule has 0 bridgehead atoms. The van der Waals surface area contributed by atoms with Crippen molar-refractivity contribution >= 4 is 35.4 Å². The molecule has 0 radical (unpaired) electrons. The van der Waals surface area contributed by atoms with Gasteiger partial charge in [0, 0.05) is 17.1 Å². The van der Waals surface area contributed by atoms with E-state index in [4.69, 9.17) is 23.1 Å². The summed E-state index contributed by atoms with van der Waals surface area (Å²) in [7, 11) is 0. The van der Waals surface area contributed by atoms with Crippen molar-refractivity contribution < 1.29 is 31.1 Å². The van der Waals surface area contributed by atoms with Gasteiger partial charge in [-0.2, -0.15) is 26.3 Å². The van der Waals surface area contributed by atoms with Crippen LogP contribution < -0.4 is 11.5 Å². The maximum Gasteiger partial charge on any atom is 0.433 e. The fourth-order valence-electron chi connectivity index (χ4n) is 3.07. The van der Waals surface area contributed by atoms with Gasteiger partial charge < -0.3 is 16.4 Å². The van der Waals surface area contributed by atoms with E-state index in [1.54, 1.807) is 0 Å². The summed E-state index contributed by atoms with van der Waals surface area (Å²) in [5, 5.41) is -0.295. The Morgan fingerprint density at radius 1 is 1.19 bits per heavy atom. The number of nitrogens with zero attached hydrogens (tertiary/aromatic N) is 4. The van der Waals surface area contributed by atoms with Gasteiger partial charge in [-0.3, -0.25) is 4.79 Å². The number of aliphatic imine (C=N–C) groups is 3. The number of hydrogen-bond donors (Lipinski definition) is 2. The Hall–Kier alpha value is -3.35. The molecule has 2 rings (SSSR count). The summed E-state index contributed by atoms with van der Waals surface area (Å²) in [4.78, 5) is 25.5. The van der Waals surface area contributed by atoms with E-state index in [0.717, 1.165) is 25.2 Å². The molecule has 1 fully saturated rings. The lowest BCUT2D eigenvalue weighted by molar-refractivity contribution is -0.137. The van der Waals surface area contributed by atoms with Crippen LogP contribution in [0.2, 0.25) is 5.02 Å². The van der Waals surface area contributed by atoms with Crippen LogP contribution in [0.25, 0.3) is 0 Å². The molecule has 1 atom stereocenters. The van der Waals surface area contributed by atoms with Crippen LogP contribution in [-0.2, 0) is 6.18 Å². The summed E-state index contributed by atoms with van der Waals surface area (Å²) in [5.74, 6) is -1.59. The monoisotopic (exact) mass is 536 g/mol. The number of allylic oxidation sites excluding steroid dienone is 1. The van der Waals surface area contributed by atoms with Crippen molar-refractivity contribution in [2.45, 2.75) is 38.2 Å². The van der Waals surface area contributed by atoms with Crippen LogP contribution in [-0.4, -0.2) is 47.5 Å². The van der Waals surface area contributed by atoms with E-state index in [1.165, 1.54) is 11.8 Å². The quantitative estimate of drug-likeness (QED) is 0.279. The number of carbonyl (C=O) groups excluding carboxylic acids is 1. The van der Waals surface area contributed by atoms with E-state index < -0.39 is 41.4 Å². The molecule has 4 N–H and O–H groups in total. The molecule has 0 aromatic heterocycles. The SMILES string of the molecule is C=C(N=C(N=CN)C(C)N(CC1CC1)C(=O)c1cc(Cl)cc(C(F)(F)F)c1)N=C(/C=C\N)C(F)(F)F. The van der Waals surface area contributed by atoms with Gasteiger partial charge in [0.2, 0.25) is 0 Å². The molecule has 196 valence electrons. The molecule has 1 aromatic carbocycles. The average molecular weight is 537 g/mol. The van der Waals surface area contributed by atoms with Crippen LogP contribution in [0.5, 0.6) is 0 Å². The summed E-state index contributed by atoms with van der Waals surface area (Å²) in [6.45, 7) is 4.95. The Bertz CT molecular complexity index is 1110. The van der Waals surface area contributed by atoms with Crippen molar-refractivity contribution in [3.05, 3.63) is 59.0 Å². The minimum atomic E-state index is -4.85. The van der Waals surface area contributed by atoms with Crippen LogP contribution >= 0.6 is 11.6 Å². The minimum Gasteiger partial charge on any atom is -0.405 e. The number of carbonyl (C=O) groups is 1. The van der Waals surface area contributed by atoms with Crippen molar-refractivity contribution in [3.8, 4) is 0 Å². The Kier molecular flexibility index (Phi) is 9.30. The molecule has 0 spiro atoms. The minimum absolute atomic E-state index is 0.0773. The third-order valence-corrected chi connectivity index (χ3v) is 5.19. The van der Waals surface area contributed by atoms with Crippen LogP contribution in [0.4, 0.5) is 26.3 Å². The summed E-state index contributed by atoms with van der Waals surface area (Å²) in [6.07, 6.45) is -6.08. The first-order chi connectivity index (χ1) is 16.7. The Morgan fingerprint density at radius 2 is 1.83 bits per heavy atom. The number of alkyl halides is 6. The maximum atomic E-state index is 13.3. The summed E-state index contributed by atoms with van der Waals surface area (Å²) in [5.41, 5.74) is 7.57. The van der Waals surface area contributed by atoms with Gasteiger partial charge in [-0.25, -0.2) is 15.0 Å². The van der Waals surface area contributed by atoms with Crippen molar-refractivity contribution in [2.75, 3.05) is 6.54 Å². The molecular weight excluding hydrogens is 514 g/mol. The van der Waals surface area contributed by atoms with E-state index in [1.807, 2.05) is 0 Å². The van der Waals surface area contributed by atoms with Gasteiger partial charge in [-0.15, -0.1) is 0 Å². The number of amides is 1. The van der Waals surface area contributed by atoms with E-state index in [9.17, 15) is 31.1 Å². The zero-order valence-electron chi connectivity index (χ0n) is 18.9. The number of halogens is 7. The molecule has 7 nitrogen and oxygen atoms in total. The standard InChI is InChI=1S/C22H23ClF6N6O/c1-12(19(32-11-31)34-13(2)33-18(5-6-30)22(27,28)29)35(10-14-3-4-14)20(36)15-7-16(21(24,25)26)9-17(23)8-15/h5-9,11-12,14H,2-4,10,30H2,1H3,(H2,31,32,34)/b6-5-,33-18?. The van der Waals surface area contributed by atoms with Crippen molar-refractivity contribution in [2.24, 2.45) is 32.4 Å². The fraction of sp³-hybridized carbons (Fsp3) is 0.364. The maximum absolute atomic E-state index is 13.3. The Labute approximate surface area is 207 Å². The summed E-state index contributed by atoms with van der Waals surface area (Å²) in [6, 6.07) is 1.42. The van der Waals surface area contributed by atoms with Gasteiger partial charge in [-0.1, -0.05) is 18.2 Å². The molecule has 1 unspecified atom stereocenters. The first-order valence-electron chi connectivity index (χ1n) is 10.4. The number of hydrogen-bond acceptors (Lipinski definition) is 4. The van der Waals surface area contributed by atoms with Crippen molar-refractivity contribution in [1.82, 2.24) is 4.90 Å². The second kappa shape index (κ2) is 11.6. The average Bonchev–Trinajstić information content (AvgIpc) is 3.58. The molecule has 1 saturated carbocycles. The highest BCUT2D eigenvalue weighted by atomic mass is 35.5. The predicted octanol–water partition coefficient (Wildman–Crippen LogP) is 4.93. The first-order valence-corrected chi connectivity index (χ1v) is 10.8. The van der Waals surface area contributed by atoms with Crippen LogP contribution in [0.15, 0.2) is 57.9 Å². The normalized spacial score (nSPS) is 16.6. The number of amidine groups is 1. The lowest BCUT2D eigenvalue weighted by atomic mass is 10.1. The molecular formula is C22H23ClF6N6O. The highest BCUT2D eigenvalue weighted by Crippen LogP contribution is 2.34. The molecule has 36 heavy (non-hydrogen) atoms. The zero-order chi connectivity index (χ0) is 27.3. The van der Waals surface area contributed by atoms with Crippen LogP contribution in [0.3, 0.4) is 0 Å². The number of rotatable bonds is 8. The zero-order valence-corrected chi connectivity index (χ0v) is 19.7. The van der Waals surface area contributed by atoms with Gasteiger partial charge in [0.05, 0.1) is 17.9 Å². The van der Waals surface area contributed by atoms with Gasteiger partial charge in [0.1, 0.15) is 11.5 Å². The first kappa shape index (κ1) is 28.9. The van der Waals surface area contributed by atoms with Gasteiger partial charge in [0.15, 0.2) is 5.84 Å². The molecule has 14 heteroatoms. The van der Waals surface area contributed by atoms with Gasteiger partial charge >= 0.3 is 12.4 Å². The van der Waals surface area contributed by atoms with Crippen molar-refractivity contribution in [3.63, 3.8) is 0 Å². The third-order valence-electron chi connectivity index (χ3n) is 4.97. The lowest BCUT2D eigenvalue weighted by Gasteiger charge is -2.29. The Morgan fingerprint density at radius 3 is 2.33 bits per heavy atom. The Balaban J connectivity index is 2.49. The summed E-state index contributed by atoms with van der Waals surface area (Å²) >= 11 is 5.83. The highest BCUT2D eigenvalue weighted by molar-refractivity contribution is 6.31. The number of benzene rings is 1. The predicted molar refractivity (Wildman–Crippen MR) is 126 cm³/mol. The second-order valence-electron chi connectivity index (χ2n) is 7.82. The summed E-state index contributed by atoms with van der Waals surface area (Å²) < 4.78 is 79.1. The third kappa shape index (κ3) is 8.11. The second-order valence-corrected chi connectivity index (χ2v) is 8.26. The van der Waals surface area contributed by atoms with Crippen LogP contribution in [0.1, 0.15) is 35.7 Å². The molecule has 1 aliphatic carbocycles. The molecule has 1 aromatic rings. The van der Waals surface area contributed by atoms with E-state index in [-0.39, 0.29) is 28.9 Å². The molecule has 1 amide bonds. The van der Waals surface area contributed by atoms with Crippen LogP contribution in [0, 0.1) is 5.92 Å². The largest absolute Gasteiger partial charge is 0.433 e.